The summed E-state index contributed by atoms with van der Waals surface area (Å²) in [4.78, 5) is 11.6. The summed E-state index contributed by atoms with van der Waals surface area (Å²) in [6.07, 6.45) is 16.6. The number of carbonyl (C=O) groups is 1. The predicted octanol–water partition coefficient (Wildman–Crippen LogP) is 5.62. The van der Waals surface area contributed by atoms with Gasteiger partial charge in [-0.2, -0.15) is 0 Å². The highest BCUT2D eigenvalue weighted by molar-refractivity contribution is 5.62. The van der Waals surface area contributed by atoms with Gasteiger partial charge in [0.15, 0.2) is 0 Å². The Morgan fingerprint density at radius 1 is 1.22 bits per heavy atom. The predicted molar refractivity (Wildman–Crippen MR) is 92.9 cm³/mol. The van der Waals surface area contributed by atoms with Crippen LogP contribution in [0.4, 0.5) is 4.79 Å². The van der Waals surface area contributed by atoms with Gasteiger partial charge >= 0.3 is 6.16 Å². The van der Waals surface area contributed by atoms with Crippen molar-refractivity contribution >= 4 is 6.16 Å². The maximum absolute atomic E-state index is 11.6. The smallest absolute Gasteiger partial charge is 0.431 e. The molecule has 0 fully saturated rings. The lowest BCUT2D eigenvalue weighted by Crippen LogP contribution is -2.18. The molecule has 0 aromatic carbocycles. The maximum Gasteiger partial charge on any atom is 0.514 e. The molecule has 0 radical (unpaired) electrons. The standard InChI is InChI=1S/C20H26O3/c1-15(2)22-19(21)23-18-12-8-11-17(13-14-18)20(3,4)16-9-6-5-7-10-16/h5-6,9,11-15H,7-8,10H2,1-4H3. The van der Waals surface area contributed by atoms with Crippen LogP contribution in [0.1, 0.15) is 47.0 Å². The molecule has 0 aromatic rings. The van der Waals surface area contributed by atoms with Crippen LogP contribution in [0.15, 0.2) is 59.4 Å². The fourth-order valence-corrected chi connectivity index (χ4v) is 2.77. The van der Waals surface area contributed by atoms with Gasteiger partial charge in [0.2, 0.25) is 0 Å². The molecule has 0 saturated carbocycles. The van der Waals surface area contributed by atoms with Crippen molar-refractivity contribution in [2.45, 2.75) is 53.1 Å². The van der Waals surface area contributed by atoms with Crippen molar-refractivity contribution in [1.82, 2.24) is 0 Å². The molecular weight excluding hydrogens is 288 g/mol. The van der Waals surface area contributed by atoms with Crippen molar-refractivity contribution in [3.63, 3.8) is 0 Å². The highest BCUT2D eigenvalue weighted by atomic mass is 16.7. The number of hydrogen-bond acceptors (Lipinski definition) is 3. The third-order valence-electron chi connectivity index (χ3n) is 4.16. The highest BCUT2D eigenvalue weighted by Crippen LogP contribution is 2.40. The van der Waals surface area contributed by atoms with Crippen LogP contribution in [0.25, 0.3) is 0 Å². The van der Waals surface area contributed by atoms with Gasteiger partial charge in [0.25, 0.3) is 0 Å². The van der Waals surface area contributed by atoms with Crippen molar-refractivity contribution in [3.8, 4) is 0 Å². The van der Waals surface area contributed by atoms with Crippen molar-refractivity contribution in [2.24, 2.45) is 5.41 Å². The zero-order valence-corrected chi connectivity index (χ0v) is 14.5. The molecule has 23 heavy (non-hydrogen) atoms. The van der Waals surface area contributed by atoms with E-state index in [1.165, 1.54) is 11.1 Å². The maximum atomic E-state index is 11.6. The molecule has 3 heteroatoms. The lowest BCUT2D eigenvalue weighted by Gasteiger charge is -2.31. The summed E-state index contributed by atoms with van der Waals surface area (Å²) < 4.78 is 10.3. The normalized spacial score (nSPS) is 18.0. The van der Waals surface area contributed by atoms with Crippen molar-refractivity contribution in [2.75, 3.05) is 0 Å². The first-order valence-electron chi connectivity index (χ1n) is 8.23. The third kappa shape index (κ3) is 4.72. The number of allylic oxidation sites excluding steroid dienone is 9. The molecule has 0 aliphatic heterocycles. The van der Waals surface area contributed by atoms with E-state index >= 15 is 0 Å². The average molecular weight is 314 g/mol. The zero-order valence-electron chi connectivity index (χ0n) is 14.5. The van der Waals surface area contributed by atoms with Crippen LogP contribution >= 0.6 is 0 Å². The summed E-state index contributed by atoms with van der Waals surface area (Å²) in [7, 11) is 0. The van der Waals surface area contributed by atoms with Gasteiger partial charge in [0.05, 0.1) is 6.10 Å². The molecule has 2 aliphatic rings. The molecule has 0 N–H and O–H groups in total. The van der Waals surface area contributed by atoms with Gasteiger partial charge in [-0.1, -0.05) is 49.8 Å². The van der Waals surface area contributed by atoms with E-state index in [4.69, 9.17) is 9.47 Å². The van der Waals surface area contributed by atoms with Crippen LogP contribution in [-0.2, 0) is 9.47 Å². The number of ether oxygens (including phenoxy) is 2. The summed E-state index contributed by atoms with van der Waals surface area (Å²) in [5.41, 5.74) is 2.65. The van der Waals surface area contributed by atoms with Crippen LogP contribution in [0.3, 0.4) is 0 Å². The van der Waals surface area contributed by atoms with Crippen LogP contribution in [-0.4, -0.2) is 12.3 Å². The summed E-state index contributed by atoms with van der Waals surface area (Å²) in [6, 6.07) is 0. The lowest BCUT2D eigenvalue weighted by atomic mass is 9.74. The van der Waals surface area contributed by atoms with Gasteiger partial charge in [0.1, 0.15) is 5.76 Å². The van der Waals surface area contributed by atoms with E-state index in [0.717, 1.165) is 19.3 Å². The van der Waals surface area contributed by atoms with Gasteiger partial charge < -0.3 is 9.47 Å². The molecule has 0 spiro atoms. The first-order chi connectivity index (χ1) is 10.9. The van der Waals surface area contributed by atoms with E-state index in [-0.39, 0.29) is 11.5 Å². The Hall–Kier alpha value is -2.03. The zero-order chi connectivity index (χ0) is 16.9. The van der Waals surface area contributed by atoms with E-state index < -0.39 is 6.16 Å². The van der Waals surface area contributed by atoms with Crippen LogP contribution < -0.4 is 0 Å². The van der Waals surface area contributed by atoms with Crippen LogP contribution in [0.2, 0.25) is 0 Å². The summed E-state index contributed by atoms with van der Waals surface area (Å²) >= 11 is 0. The fraction of sp³-hybridized carbons (Fsp3) is 0.450. The topological polar surface area (TPSA) is 35.5 Å². The second kappa shape index (κ2) is 7.49. The molecule has 3 nitrogen and oxygen atoms in total. The molecule has 124 valence electrons. The first-order valence-corrected chi connectivity index (χ1v) is 8.23. The Morgan fingerprint density at radius 2 is 2.00 bits per heavy atom. The molecule has 0 heterocycles. The minimum absolute atomic E-state index is 0.0248. The summed E-state index contributed by atoms with van der Waals surface area (Å²) in [5.74, 6) is 0.537. The molecule has 2 rings (SSSR count). The van der Waals surface area contributed by atoms with Gasteiger partial charge in [-0.25, -0.2) is 4.79 Å². The van der Waals surface area contributed by atoms with E-state index in [1.807, 2.05) is 18.2 Å². The molecule has 0 atom stereocenters. The second-order valence-corrected chi connectivity index (χ2v) is 6.64. The largest absolute Gasteiger partial charge is 0.514 e. The van der Waals surface area contributed by atoms with E-state index in [1.54, 1.807) is 13.8 Å². The minimum Gasteiger partial charge on any atom is -0.431 e. The SMILES string of the molecule is CC(C)OC(=O)OC1=CCC=C(C(C)(C)C2=CC=CCC2)C=C1. The Kier molecular flexibility index (Phi) is 5.64. The highest BCUT2D eigenvalue weighted by Gasteiger charge is 2.27. The molecule has 0 amide bonds. The third-order valence-corrected chi connectivity index (χ3v) is 4.16. The Balaban J connectivity index is 2.06. The Labute approximate surface area is 139 Å². The number of hydrogen-bond donors (Lipinski definition) is 0. The van der Waals surface area contributed by atoms with Gasteiger partial charge in [-0.15, -0.1) is 0 Å². The molecule has 0 bridgehead atoms. The monoisotopic (exact) mass is 314 g/mol. The first kappa shape index (κ1) is 17.3. The van der Waals surface area contributed by atoms with Crippen molar-refractivity contribution in [3.05, 3.63) is 59.4 Å². The van der Waals surface area contributed by atoms with Gasteiger partial charge in [0, 0.05) is 5.41 Å². The van der Waals surface area contributed by atoms with E-state index in [0.29, 0.717) is 5.76 Å². The summed E-state index contributed by atoms with van der Waals surface area (Å²) in [5, 5.41) is 0. The minimum atomic E-state index is -0.654. The summed E-state index contributed by atoms with van der Waals surface area (Å²) in [6.45, 7) is 8.08. The number of carbonyl (C=O) groups excluding carboxylic acids is 1. The Morgan fingerprint density at radius 3 is 2.65 bits per heavy atom. The number of rotatable bonds is 4. The lowest BCUT2D eigenvalue weighted by molar-refractivity contribution is 0.0555. The van der Waals surface area contributed by atoms with Crippen molar-refractivity contribution in [1.29, 1.82) is 0 Å². The van der Waals surface area contributed by atoms with Gasteiger partial charge in [-0.05, 0) is 50.8 Å². The van der Waals surface area contributed by atoms with Crippen LogP contribution in [0, 0.1) is 5.41 Å². The van der Waals surface area contributed by atoms with Crippen LogP contribution in [0.5, 0.6) is 0 Å². The Bertz CT molecular complexity index is 598. The molecule has 2 aliphatic carbocycles. The molecular formula is C20H26O3. The second-order valence-electron chi connectivity index (χ2n) is 6.64. The molecule has 0 aromatic heterocycles. The molecule has 0 saturated heterocycles. The van der Waals surface area contributed by atoms with Gasteiger partial charge in [-0.3, -0.25) is 0 Å². The quantitative estimate of drug-likeness (QED) is 0.632. The van der Waals surface area contributed by atoms with Crippen molar-refractivity contribution < 1.29 is 14.3 Å². The van der Waals surface area contributed by atoms with E-state index in [2.05, 4.69) is 38.2 Å². The average Bonchev–Trinajstić information content (AvgIpc) is 2.73. The van der Waals surface area contributed by atoms with E-state index in [9.17, 15) is 4.79 Å². The molecule has 0 unspecified atom stereocenters. The fourth-order valence-electron chi connectivity index (χ4n) is 2.77.